The lowest BCUT2D eigenvalue weighted by Crippen LogP contribution is -2.14. The van der Waals surface area contributed by atoms with E-state index in [1.807, 2.05) is 25.3 Å². The van der Waals surface area contributed by atoms with E-state index in [4.69, 9.17) is 4.52 Å². The maximum Gasteiger partial charge on any atom is 0.295 e. The van der Waals surface area contributed by atoms with Crippen LogP contribution in [-0.2, 0) is 0 Å². The number of rotatable bonds is 4. The standard InChI is InChI=1S/C17H15N7O2S/c1-8-7-9(2)24-17(18-8)21-14(22-24)15(25)19-11-5-6-27-12(11)16-20-13(23-26-16)10-3-4-10/h5-7,10H,3-4H2,1-2H3,(H,19,25). The molecule has 5 rings (SSSR count). The largest absolute Gasteiger partial charge is 0.333 e. The van der Waals surface area contributed by atoms with Crippen molar-refractivity contribution >= 4 is 28.7 Å². The van der Waals surface area contributed by atoms with Crippen molar-refractivity contribution in [2.75, 3.05) is 5.32 Å². The van der Waals surface area contributed by atoms with Gasteiger partial charge in [0.1, 0.15) is 4.88 Å². The van der Waals surface area contributed by atoms with Crippen molar-refractivity contribution in [1.82, 2.24) is 29.7 Å². The Labute approximate surface area is 157 Å². The number of nitrogens with one attached hydrogen (secondary N) is 1. The highest BCUT2D eigenvalue weighted by Crippen LogP contribution is 2.40. The number of hydrogen-bond donors (Lipinski definition) is 1. The fourth-order valence-corrected chi connectivity index (χ4v) is 3.62. The molecule has 4 heterocycles. The molecule has 1 N–H and O–H groups in total. The first-order valence-electron chi connectivity index (χ1n) is 8.52. The Kier molecular flexibility index (Phi) is 3.54. The van der Waals surface area contributed by atoms with Crippen molar-refractivity contribution < 1.29 is 9.32 Å². The molecule has 4 aromatic rings. The second kappa shape index (κ2) is 5.95. The predicted octanol–water partition coefficient (Wildman–Crippen LogP) is 2.98. The topological polar surface area (TPSA) is 111 Å². The summed E-state index contributed by atoms with van der Waals surface area (Å²) < 4.78 is 6.92. The molecular weight excluding hydrogens is 366 g/mol. The lowest BCUT2D eigenvalue weighted by molar-refractivity contribution is 0.101. The Hall–Kier alpha value is -3.14. The summed E-state index contributed by atoms with van der Waals surface area (Å²) in [4.78, 5) is 26.4. The van der Waals surface area contributed by atoms with Gasteiger partial charge in [0.25, 0.3) is 17.6 Å². The van der Waals surface area contributed by atoms with E-state index in [1.54, 1.807) is 10.6 Å². The number of aryl methyl sites for hydroxylation is 2. The van der Waals surface area contributed by atoms with Gasteiger partial charge in [-0.3, -0.25) is 4.79 Å². The Morgan fingerprint density at radius 1 is 1.30 bits per heavy atom. The maximum absolute atomic E-state index is 12.6. The monoisotopic (exact) mass is 381 g/mol. The van der Waals surface area contributed by atoms with Crippen molar-refractivity contribution in [2.24, 2.45) is 0 Å². The Morgan fingerprint density at radius 3 is 2.96 bits per heavy atom. The minimum atomic E-state index is -0.417. The SMILES string of the molecule is Cc1cc(C)n2nc(C(=O)Nc3ccsc3-c3nc(C4CC4)no3)nc2n1. The van der Waals surface area contributed by atoms with Gasteiger partial charge < -0.3 is 9.84 Å². The predicted molar refractivity (Wildman–Crippen MR) is 97.8 cm³/mol. The van der Waals surface area contributed by atoms with E-state index in [0.717, 1.165) is 34.9 Å². The van der Waals surface area contributed by atoms with Crippen LogP contribution in [0.15, 0.2) is 22.0 Å². The number of amides is 1. The first-order chi connectivity index (χ1) is 13.1. The van der Waals surface area contributed by atoms with Gasteiger partial charge >= 0.3 is 0 Å². The van der Waals surface area contributed by atoms with E-state index in [0.29, 0.717) is 23.3 Å². The molecule has 9 nitrogen and oxygen atoms in total. The van der Waals surface area contributed by atoms with Gasteiger partial charge in [0.05, 0.1) is 5.69 Å². The van der Waals surface area contributed by atoms with Crippen LogP contribution in [0.1, 0.15) is 46.6 Å². The molecule has 1 aliphatic carbocycles. The van der Waals surface area contributed by atoms with Gasteiger partial charge in [-0.25, -0.2) is 9.50 Å². The van der Waals surface area contributed by atoms with E-state index < -0.39 is 5.91 Å². The molecule has 0 atom stereocenters. The molecule has 0 unspecified atom stereocenters. The fourth-order valence-electron chi connectivity index (χ4n) is 2.85. The summed E-state index contributed by atoms with van der Waals surface area (Å²) in [5, 5.41) is 13.0. The van der Waals surface area contributed by atoms with Crippen LogP contribution in [0.3, 0.4) is 0 Å². The first kappa shape index (κ1) is 16.1. The van der Waals surface area contributed by atoms with Crippen molar-refractivity contribution in [1.29, 1.82) is 0 Å². The van der Waals surface area contributed by atoms with E-state index in [9.17, 15) is 4.79 Å². The highest BCUT2D eigenvalue weighted by Gasteiger charge is 2.29. The molecule has 1 fully saturated rings. The van der Waals surface area contributed by atoms with Gasteiger partial charge in [-0.1, -0.05) is 5.16 Å². The summed E-state index contributed by atoms with van der Waals surface area (Å²) >= 11 is 1.43. The molecule has 4 aromatic heterocycles. The summed E-state index contributed by atoms with van der Waals surface area (Å²) in [6.45, 7) is 3.77. The number of hydrogen-bond acceptors (Lipinski definition) is 8. The van der Waals surface area contributed by atoms with Crippen molar-refractivity contribution in [3.05, 3.63) is 40.5 Å². The highest BCUT2D eigenvalue weighted by molar-refractivity contribution is 7.14. The summed E-state index contributed by atoms with van der Waals surface area (Å²) in [5.74, 6) is 1.58. The average Bonchev–Trinajstić information content (AvgIpc) is 3.05. The van der Waals surface area contributed by atoms with Crippen LogP contribution in [-0.4, -0.2) is 35.6 Å². The van der Waals surface area contributed by atoms with Gasteiger partial charge in [0.15, 0.2) is 5.82 Å². The highest BCUT2D eigenvalue weighted by atomic mass is 32.1. The zero-order chi connectivity index (χ0) is 18.5. The van der Waals surface area contributed by atoms with Gasteiger partial charge in [0, 0.05) is 17.3 Å². The van der Waals surface area contributed by atoms with Gasteiger partial charge in [0.2, 0.25) is 5.82 Å². The molecule has 1 amide bonds. The smallest absolute Gasteiger partial charge is 0.295 e. The molecule has 0 aromatic carbocycles. The third-order valence-electron chi connectivity index (χ3n) is 4.31. The van der Waals surface area contributed by atoms with Crippen molar-refractivity contribution in [3.8, 4) is 10.8 Å². The minimum absolute atomic E-state index is 0.0533. The maximum atomic E-state index is 12.6. The third kappa shape index (κ3) is 2.87. The molecular formula is C17H15N7O2S. The van der Waals surface area contributed by atoms with E-state index in [-0.39, 0.29) is 5.82 Å². The summed E-state index contributed by atoms with van der Waals surface area (Å²) in [6.07, 6.45) is 2.19. The van der Waals surface area contributed by atoms with Crippen LogP contribution in [0.2, 0.25) is 0 Å². The van der Waals surface area contributed by atoms with Crippen LogP contribution < -0.4 is 5.32 Å². The van der Waals surface area contributed by atoms with E-state index in [2.05, 4.69) is 30.5 Å². The Morgan fingerprint density at radius 2 is 2.15 bits per heavy atom. The summed E-state index contributed by atoms with van der Waals surface area (Å²) in [6, 6.07) is 3.68. The summed E-state index contributed by atoms with van der Waals surface area (Å²) in [7, 11) is 0. The van der Waals surface area contributed by atoms with Gasteiger partial charge in [-0.15, -0.1) is 16.4 Å². The number of thiophene rings is 1. The second-order valence-electron chi connectivity index (χ2n) is 6.54. The Bertz CT molecular complexity index is 1170. The quantitative estimate of drug-likeness (QED) is 0.578. The number of fused-ring (bicyclic) bond motifs is 1. The average molecular weight is 381 g/mol. The van der Waals surface area contributed by atoms with Crippen LogP contribution >= 0.6 is 11.3 Å². The number of carbonyl (C=O) groups is 1. The van der Waals surface area contributed by atoms with Gasteiger partial charge in [-0.2, -0.15) is 9.97 Å². The fraction of sp³-hybridized carbons (Fsp3) is 0.294. The molecule has 0 aliphatic heterocycles. The summed E-state index contributed by atoms with van der Waals surface area (Å²) in [5.41, 5.74) is 2.27. The van der Waals surface area contributed by atoms with E-state index >= 15 is 0 Å². The molecule has 1 aliphatic rings. The molecule has 0 spiro atoms. The lowest BCUT2D eigenvalue weighted by Gasteiger charge is -2.01. The molecule has 0 radical (unpaired) electrons. The number of carbonyl (C=O) groups excluding carboxylic acids is 1. The minimum Gasteiger partial charge on any atom is -0.333 e. The van der Waals surface area contributed by atoms with Crippen LogP contribution in [0, 0.1) is 13.8 Å². The van der Waals surface area contributed by atoms with E-state index in [1.165, 1.54) is 11.3 Å². The molecule has 0 bridgehead atoms. The normalized spacial score (nSPS) is 14.0. The zero-order valence-corrected chi connectivity index (χ0v) is 15.4. The molecule has 136 valence electrons. The number of nitrogens with zero attached hydrogens (tertiary/aromatic N) is 6. The number of anilines is 1. The zero-order valence-electron chi connectivity index (χ0n) is 14.6. The first-order valence-corrected chi connectivity index (χ1v) is 9.40. The van der Waals surface area contributed by atoms with Crippen LogP contribution in [0.25, 0.3) is 16.5 Å². The molecule has 1 saturated carbocycles. The molecule has 10 heteroatoms. The third-order valence-corrected chi connectivity index (χ3v) is 5.22. The van der Waals surface area contributed by atoms with Crippen LogP contribution in [0.5, 0.6) is 0 Å². The molecule has 27 heavy (non-hydrogen) atoms. The van der Waals surface area contributed by atoms with Crippen LogP contribution in [0.4, 0.5) is 5.69 Å². The number of aromatic nitrogens is 6. The second-order valence-corrected chi connectivity index (χ2v) is 7.45. The lowest BCUT2D eigenvalue weighted by atomic mass is 10.3. The Balaban J connectivity index is 1.43. The van der Waals surface area contributed by atoms with Crippen molar-refractivity contribution in [3.63, 3.8) is 0 Å². The van der Waals surface area contributed by atoms with Gasteiger partial charge in [-0.05, 0) is 44.2 Å². The molecule has 0 saturated heterocycles. The van der Waals surface area contributed by atoms with Crippen molar-refractivity contribution in [2.45, 2.75) is 32.6 Å².